The Morgan fingerprint density at radius 1 is 1.31 bits per heavy atom. The van der Waals surface area contributed by atoms with Crippen molar-refractivity contribution in [1.82, 2.24) is 5.48 Å². The van der Waals surface area contributed by atoms with E-state index in [-0.39, 0.29) is 5.60 Å². The SMILES string of the molecule is CC(C)(C)ONCC1CCOCC1. The van der Waals surface area contributed by atoms with Crippen molar-refractivity contribution in [1.29, 1.82) is 0 Å². The van der Waals surface area contributed by atoms with Crippen LogP contribution in [0.2, 0.25) is 0 Å². The molecule has 0 aromatic carbocycles. The molecule has 1 rings (SSSR count). The first-order valence-corrected chi connectivity index (χ1v) is 5.06. The standard InChI is InChI=1S/C10H21NO2/c1-10(2,3)13-11-8-9-4-6-12-7-5-9/h9,11H,4-8H2,1-3H3. The van der Waals surface area contributed by atoms with Gasteiger partial charge in [-0.2, -0.15) is 0 Å². The number of hydrogen-bond donors (Lipinski definition) is 1. The molecular formula is C10H21NO2. The van der Waals surface area contributed by atoms with Crippen molar-refractivity contribution in [2.75, 3.05) is 19.8 Å². The van der Waals surface area contributed by atoms with Crippen molar-refractivity contribution in [2.24, 2.45) is 5.92 Å². The van der Waals surface area contributed by atoms with Gasteiger partial charge in [0.05, 0.1) is 5.60 Å². The zero-order valence-corrected chi connectivity index (χ0v) is 8.93. The van der Waals surface area contributed by atoms with Crippen molar-refractivity contribution in [2.45, 2.75) is 39.2 Å². The van der Waals surface area contributed by atoms with Crippen LogP contribution in [-0.2, 0) is 9.57 Å². The van der Waals surface area contributed by atoms with E-state index in [1.54, 1.807) is 0 Å². The summed E-state index contributed by atoms with van der Waals surface area (Å²) in [7, 11) is 0. The van der Waals surface area contributed by atoms with E-state index in [4.69, 9.17) is 9.57 Å². The van der Waals surface area contributed by atoms with E-state index < -0.39 is 0 Å². The smallest absolute Gasteiger partial charge is 0.0812 e. The fourth-order valence-corrected chi connectivity index (χ4v) is 1.33. The van der Waals surface area contributed by atoms with Crippen LogP contribution in [-0.4, -0.2) is 25.4 Å². The van der Waals surface area contributed by atoms with Gasteiger partial charge in [-0.05, 0) is 39.5 Å². The van der Waals surface area contributed by atoms with E-state index in [9.17, 15) is 0 Å². The Morgan fingerprint density at radius 3 is 2.46 bits per heavy atom. The molecule has 0 aromatic rings. The van der Waals surface area contributed by atoms with Gasteiger partial charge >= 0.3 is 0 Å². The number of rotatable bonds is 3. The van der Waals surface area contributed by atoms with Crippen LogP contribution in [0.3, 0.4) is 0 Å². The van der Waals surface area contributed by atoms with E-state index in [1.165, 1.54) is 0 Å². The molecule has 1 fully saturated rings. The first kappa shape index (κ1) is 11.0. The zero-order valence-electron chi connectivity index (χ0n) is 8.93. The molecule has 0 saturated carbocycles. The third-order valence-corrected chi connectivity index (χ3v) is 2.09. The van der Waals surface area contributed by atoms with Crippen molar-refractivity contribution in [3.8, 4) is 0 Å². The van der Waals surface area contributed by atoms with E-state index in [1.807, 2.05) is 20.8 Å². The highest BCUT2D eigenvalue weighted by Crippen LogP contribution is 2.13. The molecule has 0 amide bonds. The van der Waals surface area contributed by atoms with Crippen LogP contribution in [0.4, 0.5) is 0 Å². The van der Waals surface area contributed by atoms with E-state index in [0.29, 0.717) is 0 Å². The van der Waals surface area contributed by atoms with Gasteiger partial charge in [-0.15, -0.1) is 0 Å². The predicted octanol–water partition coefficient (Wildman–Crippen LogP) is 1.73. The van der Waals surface area contributed by atoms with Crippen molar-refractivity contribution in [3.05, 3.63) is 0 Å². The summed E-state index contributed by atoms with van der Waals surface area (Å²) in [5.41, 5.74) is 2.95. The molecule has 0 unspecified atom stereocenters. The molecule has 0 atom stereocenters. The molecule has 0 bridgehead atoms. The van der Waals surface area contributed by atoms with E-state index in [0.717, 1.165) is 38.5 Å². The number of hydroxylamine groups is 1. The molecule has 1 aliphatic heterocycles. The molecule has 0 aromatic heterocycles. The van der Waals surface area contributed by atoms with Crippen molar-refractivity contribution >= 4 is 0 Å². The maximum absolute atomic E-state index is 5.44. The highest BCUT2D eigenvalue weighted by Gasteiger charge is 2.15. The normalized spacial score (nSPS) is 20.5. The second-order valence-corrected chi connectivity index (χ2v) is 4.62. The third-order valence-electron chi connectivity index (χ3n) is 2.09. The summed E-state index contributed by atoms with van der Waals surface area (Å²) in [6.07, 6.45) is 2.31. The summed E-state index contributed by atoms with van der Waals surface area (Å²) in [6, 6.07) is 0. The van der Waals surface area contributed by atoms with Crippen LogP contribution in [0.1, 0.15) is 33.6 Å². The largest absolute Gasteiger partial charge is 0.381 e. The molecule has 0 aliphatic carbocycles. The number of hydrogen-bond acceptors (Lipinski definition) is 3. The van der Waals surface area contributed by atoms with Gasteiger partial charge in [0.15, 0.2) is 0 Å². The monoisotopic (exact) mass is 187 g/mol. The first-order chi connectivity index (χ1) is 6.08. The second-order valence-electron chi connectivity index (χ2n) is 4.62. The maximum Gasteiger partial charge on any atom is 0.0812 e. The summed E-state index contributed by atoms with van der Waals surface area (Å²) < 4.78 is 5.28. The average molecular weight is 187 g/mol. The van der Waals surface area contributed by atoms with Crippen LogP contribution < -0.4 is 5.48 Å². The molecule has 1 N–H and O–H groups in total. The summed E-state index contributed by atoms with van der Waals surface area (Å²) in [4.78, 5) is 5.44. The predicted molar refractivity (Wildman–Crippen MR) is 52.4 cm³/mol. The third kappa shape index (κ3) is 5.24. The van der Waals surface area contributed by atoms with Gasteiger partial charge in [-0.1, -0.05) is 0 Å². The lowest BCUT2D eigenvalue weighted by molar-refractivity contribution is -0.0815. The molecule has 1 heterocycles. The molecule has 1 saturated heterocycles. The molecule has 0 spiro atoms. The second kappa shape index (κ2) is 4.94. The Kier molecular flexibility index (Phi) is 4.16. The Hall–Kier alpha value is -0.120. The molecule has 0 radical (unpaired) electrons. The Balaban J connectivity index is 2.04. The minimum Gasteiger partial charge on any atom is -0.381 e. The van der Waals surface area contributed by atoms with E-state index >= 15 is 0 Å². The highest BCUT2D eigenvalue weighted by atomic mass is 16.7. The molecule has 3 nitrogen and oxygen atoms in total. The number of ether oxygens (including phenoxy) is 1. The number of nitrogens with one attached hydrogen (secondary N) is 1. The first-order valence-electron chi connectivity index (χ1n) is 5.06. The van der Waals surface area contributed by atoms with Gasteiger partial charge in [0.1, 0.15) is 0 Å². The zero-order chi connectivity index (χ0) is 9.73. The summed E-state index contributed by atoms with van der Waals surface area (Å²) in [5.74, 6) is 0.719. The van der Waals surface area contributed by atoms with Gasteiger partial charge in [0.2, 0.25) is 0 Å². The molecule has 78 valence electrons. The quantitative estimate of drug-likeness (QED) is 0.683. The van der Waals surface area contributed by atoms with Crippen LogP contribution in [0.5, 0.6) is 0 Å². The average Bonchev–Trinajstić information content (AvgIpc) is 2.04. The van der Waals surface area contributed by atoms with Gasteiger partial charge in [-0.25, -0.2) is 5.48 Å². The maximum atomic E-state index is 5.44. The van der Waals surface area contributed by atoms with Crippen LogP contribution in [0.15, 0.2) is 0 Å². The molecule has 13 heavy (non-hydrogen) atoms. The van der Waals surface area contributed by atoms with Crippen LogP contribution in [0, 0.1) is 5.92 Å². The summed E-state index contributed by atoms with van der Waals surface area (Å²) in [5, 5.41) is 0. The van der Waals surface area contributed by atoms with E-state index in [2.05, 4.69) is 5.48 Å². The summed E-state index contributed by atoms with van der Waals surface area (Å²) in [6.45, 7) is 8.89. The fraction of sp³-hybridized carbons (Fsp3) is 1.00. The van der Waals surface area contributed by atoms with Crippen LogP contribution in [0.25, 0.3) is 0 Å². The topological polar surface area (TPSA) is 30.5 Å². The van der Waals surface area contributed by atoms with Crippen molar-refractivity contribution < 1.29 is 9.57 Å². The molecule has 1 aliphatic rings. The van der Waals surface area contributed by atoms with Crippen LogP contribution >= 0.6 is 0 Å². The summed E-state index contributed by atoms with van der Waals surface area (Å²) >= 11 is 0. The Bertz CT molecular complexity index is 136. The Morgan fingerprint density at radius 2 is 1.92 bits per heavy atom. The van der Waals surface area contributed by atoms with Gasteiger partial charge in [0.25, 0.3) is 0 Å². The lowest BCUT2D eigenvalue weighted by atomic mass is 10.0. The van der Waals surface area contributed by atoms with Crippen molar-refractivity contribution in [3.63, 3.8) is 0 Å². The van der Waals surface area contributed by atoms with Gasteiger partial charge < -0.3 is 4.74 Å². The minimum absolute atomic E-state index is 0.0921. The highest BCUT2D eigenvalue weighted by molar-refractivity contribution is 4.64. The molecule has 3 heteroatoms. The fourth-order valence-electron chi connectivity index (χ4n) is 1.33. The molecular weight excluding hydrogens is 166 g/mol. The Labute approximate surface area is 80.7 Å². The van der Waals surface area contributed by atoms with Gasteiger partial charge in [0, 0.05) is 19.8 Å². The lowest BCUT2D eigenvalue weighted by Crippen LogP contribution is -2.34. The minimum atomic E-state index is -0.0921. The lowest BCUT2D eigenvalue weighted by Gasteiger charge is -2.25. The van der Waals surface area contributed by atoms with Gasteiger partial charge in [-0.3, -0.25) is 4.84 Å².